The second kappa shape index (κ2) is 6.89. The van der Waals surface area contributed by atoms with E-state index in [0.717, 1.165) is 5.56 Å². The Hall–Kier alpha value is -1.35. The first-order valence-corrected chi connectivity index (χ1v) is 7.18. The first kappa shape index (κ1) is 16.7. The standard InChI is InChI=1S/C17H27NO2/c1-11(2)13-9-8-10-14(12(3)4)15(13)16(18(5)6)17(19)20-7/h8-12,16H,1-7H3/t16-/m0/s1. The third-order valence-corrected chi connectivity index (χ3v) is 3.63. The van der Waals surface area contributed by atoms with Crippen LogP contribution in [0.4, 0.5) is 0 Å². The van der Waals surface area contributed by atoms with Gasteiger partial charge in [0.05, 0.1) is 7.11 Å². The highest BCUT2D eigenvalue weighted by Crippen LogP contribution is 2.34. The molecule has 0 bridgehead atoms. The molecule has 1 aromatic carbocycles. The van der Waals surface area contributed by atoms with Crippen molar-refractivity contribution in [1.29, 1.82) is 0 Å². The van der Waals surface area contributed by atoms with Crippen molar-refractivity contribution in [2.45, 2.75) is 45.6 Å². The molecule has 0 unspecified atom stereocenters. The van der Waals surface area contributed by atoms with E-state index in [2.05, 4.69) is 45.9 Å². The summed E-state index contributed by atoms with van der Waals surface area (Å²) in [5.41, 5.74) is 3.55. The van der Waals surface area contributed by atoms with Gasteiger partial charge in [0.15, 0.2) is 0 Å². The van der Waals surface area contributed by atoms with Gasteiger partial charge in [0.1, 0.15) is 6.04 Å². The molecule has 0 N–H and O–H groups in total. The number of benzene rings is 1. The van der Waals surface area contributed by atoms with Crippen molar-refractivity contribution in [3.8, 4) is 0 Å². The SMILES string of the molecule is COC(=O)[C@H](c1c(C(C)C)cccc1C(C)C)N(C)C. The number of likely N-dealkylation sites (N-methyl/N-ethyl adjacent to an activating group) is 1. The van der Waals surface area contributed by atoms with Crippen LogP contribution < -0.4 is 0 Å². The number of esters is 1. The van der Waals surface area contributed by atoms with Gasteiger partial charge in [-0.25, -0.2) is 4.79 Å². The summed E-state index contributed by atoms with van der Waals surface area (Å²) in [5, 5.41) is 0. The largest absolute Gasteiger partial charge is 0.468 e. The van der Waals surface area contributed by atoms with E-state index in [1.807, 2.05) is 19.0 Å². The normalized spacial score (nSPS) is 13.1. The number of hydrogen-bond acceptors (Lipinski definition) is 3. The highest BCUT2D eigenvalue weighted by atomic mass is 16.5. The molecule has 0 aliphatic rings. The van der Waals surface area contributed by atoms with E-state index in [0.29, 0.717) is 11.8 Å². The molecule has 1 rings (SSSR count). The number of rotatable bonds is 5. The molecule has 0 fully saturated rings. The molecule has 0 aliphatic heterocycles. The molecule has 1 aromatic rings. The van der Waals surface area contributed by atoms with Crippen LogP contribution in [0.1, 0.15) is 62.3 Å². The zero-order valence-corrected chi connectivity index (χ0v) is 13.7. The minimum absolute atomic E-state index is 0.204. The molecule has 3 heteroatoms. The summed E-state index contributed by atoms with van der Waals surface area (Å²) in [7, 11) is 5.29. The fourth-order valence-corrected chi connectivity index (χ4v) is 2.62. The van der Waals surface area contributed by atoms with Crippen molar-refractivity contribution in [2.75, 3.05) is 21.2 Å². The van der Waals surface area contributed by atoms with Crippen molar-refractivity contribution < 1.29 is 9.53 Å². The molecule has 20 heavy (non-hydrogen) atoms. The van der Waals surface area contributed by atoms with Gasteiger partial charge in [0, 0.05) is 0 Å². The van der Waals surface area contributed by atoms with E-state index < -0.39 is 0 Å². The van der Waals surface area contributed by atoms with E-state index in [1.165, 1.54) is 18.2 Å². The lowest BCUT2D eigenvalue weighted by Gasteiger charge is -2.29. The molecular weight excluding hydrogens is 250 g/mol. The quantitative estimate of drug-likeness (QED) is 0.768. The second-order valence-corrected chi connectivity index (χ2v) is 6.05. The van der Waals surface area contributed by atoms with Crippen LogP contribution in [0, 0.1) is 0 Å². The molecular formula is C17H27NO2. The van der Waals surface area contributed by atoms with Gasteiger partial charge in [-0.1, -0.05) is 45.9 Å². The lowest BCUT2D eigenvalue weighted by Crippen LogP contribution is -2.31. The van der Waals surface area contributed by atoms with Gasteiger partial charge in [-0.3, -0.25) is 4.90 Å². The molecule has 0 radical (unpaired) electrons. The van der Waals surface area contributed by atoms with Crippen LogP contribution >= 0.6 is 0 Å². The van der Waals surface area contributed by atoms with E-state index in [-0.39, 0.29) is 12.0 Å². The zero-order chi connectivity index (χ0) is 15.4. The van der Waals surface area contributed by atoms with Gasteiger partial charge in [-0.15, -0.1) is 0 Å². The number of methoxy groups -OCH3 is 1. The number of carbonyl (C=O) groups excluding carboxylic acids is 1. The van der Waals surface area contributed by atoms with E-state index in [9.17, 15) is 4.79 Å². The third-order valence-electron chi connectivity index (χ3n) is 3.63. The summed E-state index contributed by atoms with van der Waals surface area (Å²) in [4.78, 5) is 14.2. The van der Waals surface area contributed by atoms with Crippen molar-refractivity contribution in [3.05, 3.63) is 34.9 Å². The molecule has 0 saturated carbocycles. The molecule has 1 atom stereocenters. The van der Waals surface area contributed by atoms with Gasteiger partial charge in [-0.05, 0) is 42.6 Å². The van der Waals surface area contributed by atoms with Crippen molar-refractivity contribution in [1.82, 2.24) is 4.90 Å². The zero-order valence-electron chi connectivity index (χ0n) is 13.7. The molecule has 0 heterocycles. The smallest absolute Gasteiger partial charge is 0.327 e. The fourth-order valence-electron chi connectivity index (χ4n) is 2.62. The van der Waals surface area contributed by atoms with Gasteiger partial charge < -0.3 is 4.74 Å². The lowest BCUT2D eigenvalue weighted by molar-refractivity contribution is -0.146. The number of hydrogen-bond donors (Lipinski definition) is 0. The Kier molecular flexibility index (Phi) is 5.75. The Bertz CT molecular complexity index is 438. The fraction of sp³-hybridized carbons (Fsp3) is 0.588. The summed E-state index contributed by atoms with van der Waals surface area (Å²) < 4.78 is 5.02. The molecule has 0 aromatic heterocycles. The molecule has 112 valence electrons. The number of carbonyl (C=O) groups is 1. The van der Waals surface area contributed by atoms with Crippen molar-refractivity contribution >= 4 is 5.97 Å². The van der Waals surface area contributed by atoms with Crippen molar-refractivity contribution in [2.24, 2.45) is 0 Å². The molecule has 0 spiro atoms. The molecule has 3 nitrogen and oxygen atoms in total. The average Bonchev–Trinajstić information content (AvgIpc) is 2.37. The number of nitrogens with zero attached hydrogens (tertiary/aromatic N) is 1. The first-order valence-electron chi connectivity index (χ1n) is 7.18. The molecule has 0 amide bonds. The van der Waals surface area contributed by atoms with E-state index in [1.54, 1.807) is 0 Å². The van der Waals surface area contributed by atoms with Crippen LogP contribution in [-0.2, 0) is 9.53 Å². The highest BCUT2D eigenvalue weighted by molar-refractivity contribution is 5.79. The van der Waals surface area contributed by atoms with Crippen LogP contribution in [0.5, 0.6) is 0 Å². The summed E-state index contributed by atoms with van der Waals surface area (Å²) in [6.07, 6.45) is 0. The Morgan fingerprint density at radius 1 is 1.05 bits per heavy atom. The second-order valence-electron chi connectivity index (χ2n) is 6.05. The first-order chi connectivity index (χ1) is 9.31. The lowest BCUT2D eigenvalue weighted by atomic mass is 9.84. The predicted molar refractivity (Wildman–Crippen MR) is 83.1 cm³/mol. The summed E-state index contributed by atoms with van der Waals surface area (Å²) in [5.74, 6) is 0.539. The maximum absolute atomic E-state index is 12.2. The maximum Gasteiger partial charge on any atom is 0.327 e. The van der Waals surface area contributed by atoms with E-state index >= 15 is 0 Å². The van der Waals surface area contributed by atoms with Crippen LogP contribution in [-0.4, -0.2) is 32.1 Å². The third kappa shape index (κ3) is 3.40. The Morgan fingerprint density at radius 3 is 1.80 bits per heavy atom. The summed E-state index contributed by atoms with van der Waals surface area (Å²) >= 11 is 0. The molecule has 0 aliphatic carbocycles. The minimum Gasteiger partial charge on any atom is -0.468 e. The van der Waals surface area contributed by atoms with Crippen LogP contribution in [0.25, 0.3) is 0 Å². The van der Waals surface area contributed by atoms with Crippen LogP contribution in [0.2, 0.25) is 0 Å². The Morgan fingerprint density at radius 2 is 1.50 bits per heavy atom. The highest BCUT2D eigenvalue weighted by Gasteiger charge is 2.29. The average molecular weight is 277 g/mol. The summed E-state index contributed by atoms with van der Waals surface area (Å²) in [6.45, 7) is 8.64. The van der Waals surface area contributed by atoms with Crippen molar-refractivity contribution in [3.63, 3.8) is 0 Å². The van der Waals surface area contributed by atoms with Gasteiger partial charge >= 0.3 is 5.97 Å². The van der Waals surface area contributed by atoms with Gasteiger partial charge in [0.2, 0.25) is 0 Å². The van der Waals surface area contributed by atoms with Gasteiger partial charge in [0.25, 0.3) is 0 Å². The topological polar surface area (TPSA) is 29.5 Å². The Balaban J connectivity index is 3.55. The number of ether oxygens (including phenoxy) is 1. The summed E-state index contributed by atoms with van der Waals surface area (Å²) in [6, 6.07) is 5.96. The van der Waals surface area contributed by atoms with E-state index in [4.69, 9.17) is 4.74 Å². The minimum atomic E-state index is -0.351. The van der Waals surface area contributed by atoms with Gasteiger partial charge in [-0.2, -0.15) is 0 Å². The maximum atomic E-state index is 12.2. The Labute approximate surface area is 122 Å². The monoisotopic (exact) mass is 277 g/mol. The molecule has 0 saturated heterocycles. The van der Waals surface area contributed by atoms with Crippen LogP contribution in [0.3, 0.4) is 0 Å². The van der Waals surface area contributed by atoms with Crippen LogP contribution in [0.15, 0.2) is 18.2 Å². The predicted octanol–water partition coefficient (Wildman–Crippen LogP) is 3.71.